The number of ether oxygens (including phenoxy) is 2. The number of nitrogens with zero attached hydrogens (tertiary/aromatic N) is 1. The van der Waals surface area contributed by atoms with Gasteiger partial charge in [-0.1, -0.05) is 19.8 Å². The maximum Gasteiger partial charge on any atom is 0.341 e. The third-order valence-corrected chi connectivity index (χ3v) is 2.59. The molecule has 1 rings (SSSR count). The number of non-ortho nitro benzene ring substituents is 1. The molecule has 0 saturated carbocycles. The van der Waals surface area contributed by atoms with Gasteiger partial charge in [0, 0.05) is 6.07 Å². The topological polar surface area (TPSA) is 78.7 Å². The Kier molecular flexibility index (Phi) is 5.78. The normalized spacial score (nSPS) is 10.0. The van der Waals surface area contributed by atoms with Crippen LogP contribution in [-0.2, 0) is 4.74 Å². The molecule has 6 nitrogen and oxygen atoms in total. The molecule has 0 bridgehead atoms. The lowest BCUT2D eigenvalue weighted by atomic mass is 10.2. The fraction of sp³-hybridized carbons (Fsp3) is 0.462. The number of unbranched alkanes of at least 4 members (excludes halogenated alkanes) is 2. The van der Waals surface area contributed by atoms with Crippen LogP contribution in [0.3, 0.4) is 0 Å². The van der Waals surface area contributed by atoms with Crippen molar-refractivity contribution in [3.8, 4) is 5.75 Å². The van der Waals surface area contributed by atoms with Gasteiger partial charge in [-0.05, 0) is 12.5 Å². The molecule has 0 aliphatic carbocycles. The van der Waals surface area contributed by atoms with E-state index in [-0.39, 0.29) is 17.0 Å². The summed E-state index contributed by atoms with van der Waals surface area (Å²) in [7, 11) is 1.25. The van der Waals surface area contributed by atoms with Gasteiger partial charge in [-0.25, -0.2) is 4.79 Å². The number of hydrogen-bond donors (Lipinski definition) is 0. The van der Waals surface area contributed by atoms with Crippen molar-refractivity contribution in [1.29, 1.82) is 0 Å². The average molecular weight is 267 g/mol. The van der Waals surface area contributed by atoms with Gasteiger partial charge < -0.3 is 9.47 Å². The van der Waals surface area contributed by atoms with E-state index in [2.05, 4.69) is 11.7 Å². The van der Waals surface area contributed by atoms with Crippen molar-refractivity contribution in [2.45, 2.75) is 26.2 Å². The molecule has 1 aromatic rings. The summed E-state index contributed by atoms with van der Waals surface area (Å²) in [6.45, 7) is 2.48. The van der Waals surface area contributed by atoms with Crippen LogP contribution in [0.1, 0.15) is 36.5 Å². The van der Waals surface area contributed by atoms with Gasteiger partial charge in [0.25, 0.3) is 5.69 Å². The van der Waals surface area contributed by atoms with E-state index in [4.69, 9.17) is 4.74 Å². The van der Waals surface area contributed by atoms with Crippen molar-refractivity contribution >= 4 is 11.7 Å². The zero-order valence-corrected chi connectivity index (χ0v) is 11.0. The fourth-order valence-electron chi connectivity index (χ4n) is 1.56. The number of methoxy groups -OCH3 is 1. The Hall–Kier alpha value is -2.11. The van der Waals surface area contributed by atoms with E-state index in [1.165, 1.54) is 25.3 Å². The molecule has 1 aromatic carbocycles. The van der Waals surface area contributed by atoms with E-state index >= 15 is 0 Å². The molecule has 0 atom stereocenters. The number of carbonyl (C=O) groups excluding carboxylic acids is 1. The number of benzene rings is 1. The van der Waals surface area contributed by atoms with Crippen molar-refractivity contribution < 1.29 is 19.2 Å². The molecule has 0 aliphatic heterocycles. The highest BCUT2D eigenvalue weighted by Crippen LogP contribution is 2.25. The van der Waals surface area contributed by atoms with Crippen LogP contribution < -0.4 is 4.74 Å². The highest BCUT2D eigenvalue weighted by Gasteiger charge is 2.17. The Balaban J connectivity index is 2.91. The lowest BCUT2D eigenvalue weighted by molar-refractivity contribution is -0.384. The van der Waals surface area contributed by atoms with Crippen LogP contribution in [0.5, 0.6) is 5.75 Å². The van der Waals surface area contributed by atoms with Gasteiger partial charge in [-0.2, -0.15) is 0 Å². The molecule has 0 aliphatic rings. The van der Waals surface area contributed by atoms with Crippen LogP contribution in [0.25, 0.3) is 0 Å². The number of hydrogen-bond acceptors (Lipinski definition) is 5. The molecule has 0 fully saturated rings. The summed E-state index contributed by atoms with van der Waals surface area (Å²) in [5, 5.41) is 10.7. The van der Waals surface area contributed by atoms with Crippen LogP contribution in [-0.4, -0.2) is 24.6 Å². The first-order valence-electron chi connectivity index (χ1n) is 6.09. The minimum Gasteiger partial charge on any atom is -0.492 e. The second-order valence-electron chi connectivity index (χ2n) is 3.98. The lowest BCUT2D eigenvalue weighted by Gasteiger charge is -2.09. The van der Waals surface area contributed by atoms with Crippen molar-refractivity contribution in [1.82, 2.24) is 0 Å². The van der Waals surface area contributed by atoms with Gasteiger partial charge in [0.1, 0.15) is 11.3 Å². The first-order valence-corrected chi connectivity index (χ1v) is 6.09. The Morgan fingerprint density at radius 2 is 2.11 bits per heavy atom. The molecule has 0 amide bonds. The smallest absolute Gasteiger partial charge is 0.341 e. The standard InChI is InChI=1S/C13H17NO5/c1-3-4-5-8-19-12-9-10(14(16)17)6-7-11(12)13(15)18-2/h6-7,9H,3-5,8H2,1-2H3. The Labute approximate surface area is 111 Å². The third kappa shape index (κ3) is 4.24. The van der Waals surface area contributed by atoms with Crippen molar-refractivity contribution in [2.24, 2.45) is 0 Å². The van der Waals surface area contributed by atoms with E-state index < -0.39 is 10.9 Å². The molecule has 0 unspecified atom stereocenters. The maximum atomic E-state index is 11.5. The monoisotopic (exact) mass is 267 g/mol. The molecule has 0 radical (unpaired) electrons. The average Bonchev–Trinajstić information content (AvgIpc) is 2.42. The van der Waals surface area contributed by atoms with Crippen LogP contribution in [0, 0.1) is 10.1 Å². The number of nitro groups is 1. The molecule has 104 valence electrons. The molecule has 0 saturated heterocycles. The van der Waals surface area contributed by atoms with Crippen molar-refractivity contribution in [3.05, 3.63) is 33.9 Å². The van der Waals surface area contributed by atoms with Crippen LogP contribution in [0.2, 0.25) is 0 Å². The lowest BCUT2D eigenvalue weighted by Crippen LogP contribution is -2.07. The SMILES string of the molecule is CCCCCOc1cc([N+](=O)[O-])ccc1C(=O)OC. The van der Waals surface area contributed by atoms with E-state index in [1.807, 2.05) is 0 Å². The molecule has 6 heteroatoms. The Morgan fingerprint density at radius 3 is 2.68 bits per heavy atom. The summed E-state index contributed by atoms with van der Waals surface area (Å²) in [4.78, 5) is 21.7. The highest BCUT2D eigenvalue weighted by atomic mass is 16.6. The van der Waals surface area contributed by atoms with Crippen LogP contribution >= 0.6 is 0 Å². The van der Waals surface area contributed by atoms with Crippen molar-refractivity contribution in [2.75, 3.05) is 13.7 Å². The molecule has 19 heavy (non-hydrogen) atoms. The summed E-state index contributed by atoms with van der Waals surface area (Å²) < 4.78 is 10.1. The van der Waals surface area contributed by atoms with E-state index in [9.17, 15) is 14.9 Å². The summed E-state index contributed by atoms with van der Waals surface area (Å²) in [6, 6.07) is 3.85. The number of esters is 1. The van der Waals surface area contributed by atoms with Gasteiger partial charge in [-0.3, -0.25) is 10.1 Å². The molecular weight excluding hydrogens is 250 g/mol. The predicted octanol–water partition coefficient (Wildman–Crippen LogP) is 2.95. The quantitative estimate of drug-likeness (QED) is 0.328. The zero-order valence-electron chi connectivity index (χ0n) is 11.0. The fourth-order valence-corrected chi connectivity index (χ4v) is 1.56. The van der Waals surface area contributed by atoms with E-state index in [1.54, 1.807) is 0 Å². The number of rotatable bonds is 7. The van der Waals surface area contributed by atoms with Gasteiger partial charge in [0.2, 0.25) is 0 Å². The third-order valence-electron chi connectivity index (χ3n) is 2.59. The first kappa shape index (κ1) is 14.9. The second-order valence-corrected chi connectivity index (χ2v) is 3.98. The Bertz CT molecular complexity index is 458. The highest BCUT2D eigenvalue weighted by molar-refractivity contribution is 5.92. The second kappa shape index (κ2) is 7.35. The molecule has 0 N–H and O–H groups in total. The molecular formula is C13H17NO5. The van der Waals surface area contributed by atoms with E-state index in [0.29, 0.717) is 6.61 Å². The van der Waals surface area contributed by atoms with Gasteiger partial charge in [-0.15, -0.1) is 0 Å². The maximum absolute atomic E-state index is 11.5. The van der Waals surface area contributed by atoms with Crippen LogP contribution in [0.4, 0.5) is 5.69 Å². The first-order chi connectivity index (χ1) is 9.10. The molecule has 0 spiro atoms. The molecule has 0 heterocycles. The summed E-state index contributed by atoms with van der Waals surface area (Å²) >= 11 is 0. The minimum absolute atomic E-state index is 0.113. The summed E-state index contributed by atoms with van der Waals surface area (Å²) in [6.07, 6.45) is 2.88. The van der Waals surface area contributed by atoms with Gasteiger partial charge in [0.05, 0.1) is 24.7 Å². The van der Waals surface area contributed by atoms with Gasteiger partial charge in [0.15, 0.2) is 0 Å². The summed E-state index contributed by atoms with van der Waals surface area (Å²) in [5.74, 6) is -0.377. The zero-order chi connectivity index (χ0) is 14.3. The number of carbonyl (C=O) groups is 1. The van der Waals surface area contributed by atoms with Crippen LogP contribution in [0.15, 0.2) is 18.2 Å². The molecule has 0 aromatic heterocycles. The van der Waals surface area contributed by atoms with Gasteiger partial charge >= 0.3 is 5.97 Å². The largest absolute Gasteiger partial charge is 0.492 e. The minimum atomic E-state index is -0.569. The predicted molar refractivity (Wildman–Crippen MR) is 69.5 cm³/mol. The number of nitro benzene ring substituents is 1. The van der Waals surface area contributed by atoms with E-state index in [0.717, 1.165) is 19.3 Å². The summed E-state index contributed by atoms with van der Waals surface area (Å²) in [5.41, 5.74) is 0.0859. The van der Waals surface area contributed by atoms with Crippen molar-refractivity contribution in [3.63, 3.8) is 0 Å². The Morgan fingerprint density at radius 1 is 1.37 bits per heavy atom.